The number of hydrogen-bond donors (Lipinski definition) is 0. The number of rotatable bonds is 2. The highest BCUT2D eigenvalue weighted by molar-refractivity contribution is 9.10. The van der Waals surface area contributed by atoms with Crippen LogP contribution in [0.25, 0.3) is 5.70 Å². The van der Waals surface area contributed by atoms with Gasteiger partial charge < -0.3 is 0 Å². The van der Waals surface area contributed by atoms with E-state index in [9.17, 15) is 4.79 Å². The van der Waals surface area contributed by atoms with Crippen molar-refractivity contribution < 1.29 is 4.79 Å². The predicted octanol–water partition coefficient (Wildman–Crippen LogP) is 5.24. The number of aliphatic imine (C=N–C) groups is 1. The van der Waals surface area contributed by atoms with Crippen molar-refractivity contribution in [3.63, 3.8) is 0 Å². The maximum Gasteiger partial charge on any atom is 0.239 e. The van der Waals surface area contributed by atoms with E-state index < -0.39 is 0 Å². The van der Waals surface area contributed by atoms with Crippen molar-refractivity contribution in [1.29, 1.82) is 0 Å². The van der Waals surface area contributed by atoms with Crippen molar-refractivity contribution in [3.05, 3.63) is 74.7 Å². The Balaban J connectivity index is 1.80. The molecule has 2 aliphatic heterocycles. The molecule has 2 heterocycles. The summed E-state index contributed by atoms with van der Waals surface area (Å²) in [5, 5.41) is 0.785. The minimum atomic E-state index is -0.119. The zero-order valence-corrected chi connectivity index (χ0v) is 16.4. The third kappa shape index (κ3) is 2.98. The third-order valence-electron chi connectivity index (χ3n) is 3.96. The van der Waals surface area contributed by atoms with Crippen molar-refractivity contribution in [2.45, 2.75) is 6.04 Å². The molecule has 1 fully saturated rings. The second-order valence-electron chi connectivity index (χ2n) is 5.50. The first-order chi connectivity index (χ1) is 11.6. The minimum absolute atomic E-state index is 0.109. The second-order valence-corrected chi connectivity index (χ2v) is 8.28. The predicted molar refractivity (Wildman–Crippen MR) is 106 cm³/mol. The van der Waals surface area contributed by atoms with E-state index in [4.69, 9.17) is 4.99 Å². The lowest BCUT2D eigenvalue weighted by atomic mass is 10.0. The maximum atomic E-state index is 12.3. The number of hydrogen-bond acceptors (Lipinski definition) is 3. The number of halogens is 2. The first-order valence-electron chi connectivity index (χ1n) is 7.38. The summed E-state index contributed by atoms with van der Waals surface area (Å²) in [6, 6.07) is 16.1. The van der Waals surface area contributed by atoms with Crippen molar-refractivity contribution in [2.24, 2.45) is 4.99 Å². The molecule has 1 atom stereocenters. The zero-order valence-electron chi connectivity index (χ0n) is 12.4. The smallest absolute Gasteiger partial charge is 0.239 e. The Morgan fingerprint density at radius 1 is 1.00 bits per heavy atom. The minimum Gasteiger partial charge on any atom is -0.279 e. The highest BCUT2D eigenvalue weighted by atomic mass is 79.9. The second kappa shape index (κ2) is 6.50. The van der Waals surface area contributed by atoms with Gasteiger partial charge in [0.25, 0.3) is 0 Å². The molecule has 6 heteroatoms. The quantitative estimate of drug-likeness (QED) is 0.610. The van der Waals surface area contributed by atoms with Gasteiger partial charge in [-0.25, -0.2) is 4.99 Å². The van der Waals surface area contributed by atoms with Crippen LogP contribution in [0.2, 0.25) is 0 Å². The van der Waals surface area contributed by atoms with Gasteiger partial charge in [0.15, 0.2) is 5.17 Å². The van der Waals surface area contributed by atoms with Crippen LogP contribution in [0.1, 0.15) is 17.2 Å². The molecule has 120 valence electrons. The number of fused-ring (bicyclic) bond motifs is 1. The SMILES string of the molecule is O=C1CSC2=NC(c3ccc(Br)cc3)=C[C@@H](c3ccc(Br)cc3)N12. The summed E-state index contributed by atoms with van der Waals surface area (Å²) in [7, 11) is 0. The highest BCUT2D eigenvalue weighted by Crippen LogP contribution is 2.38. The van der Waals surface area contributed by atoms with Crippen LogP contribution in [-0.4, -0.2) is 21.7 Å². The molecule has 0 spiro atoms. The number of amides is 1. The van der Waals surface area contributed by atoms with Gasteiger partial charge in [-0.05, 0) is 35.9 Å². The Bertz CT molecular complexity index is 860. The lowest BCUT2D eigenvalue weighted by Crippen LogP contribution is -2.34. The van der Waals surface area contributed by atoms with E-state index in [2.05, 4.69) is 37.9 Å². The molecule has 24 heavy (non-hydrogen) atoms. The zero-order chi connectivity index (χ0) is 16.7. The normalized spacial score (nSPS) is 19.8. The van der Waals surface area contributed by atoms with Crippen LogP contribution in [0.3, 0.4) is 0 Å². The van der Waals surface area contributed by atoms with Crippen LogP contribution in [0, 0.1) is 0 Å². The molecule has 1 saturated heterocycles. The fourth-order valence-electron chi connectivity index (χ4n) is 2.78. The average molecular weight is 464 g/mol. The lowest BCUT2D eigenvalue weighted by molar-refractivity contribution is -0.125. The van der Waals surface area contributed by atoms with Crippen molar-refractivity contribution in [1.82, 2.24) is 4.90 Å². The van der Waals surface area contributed by atoms with Gasteiger partial charge in [-0.2, -0.15) is 0 Å². The largest absolute Gasteiger partial charge is 0.279 e. The molecule has 2 aliphatic rings. The van der Waals surface area contributed by atoms with Gasteiger partial charge in [0.1, 0.15) is 0 Å². The molecule has 2 aromatic rings. The van der Waals surface area contributed by atoms with E-state index in [0.717, 1.165) is 30.9 Å². The van der Waals surface area contributed by atoms with Crippen molar-refractivity contribution >= 4 is 60.4 Å². The molecule has 0 unspecified atom stereocenters. The van der Waals surface area contributed by atoms with Crippen LogP contribution in [0.15, 0.2) is 68.5 Å². The molecule has 0 saturated carbocycles. The molecular formula is C18H12Br2N2OS. The first kappa shape index (κ1) is 16.1. The van der Waals surface area contributed by atoms with Crippen LogP contribution in [-0.2, 0) is 4.79 Å². The monoisotopic (exact) mass is 462 g/mol. The molecule has 2 aromatic carbocycles. The van der Waals surface area contributed by atoms with Gasteiger partial charge >= 0.3 is 0 Å². The maximum absolute atomic E-state index is 12.3. The van der Waals surface area contributed by atoms with E-state index in [1.54, 1.807) is 4.90 Å². The number of nitrogens with zero attached hydrogens (tertiary/aromatic N) is 2. The lowest BCUT2D eigenvalue weighted by Gasteiger charge is -2.29. The molecule has 0 bridgehead atoms. The van der Waals surface area contributed by atoms with Gasteiger partial charge in [-0.15, -0.1) is 0 Å². The fourth-order valence-corrected chi connectivity index (χ4v) is 4.22. The van der Waals surface area contributed by atoms with E-state index in [0.29, 0.717) is 5.75 Å². The molecule has 0 aliphatic carbocycles. The summed E-state index contributed by atoms with van der Waals surface area (Å²) in [6.07, 6.45) is 2.07. The van der Waals surface area contributed by atoms with E-state index in [-0.39, 0.29) is 11.9 Å². The fraction of sp³-hybridized carbons (Fsp3) is 0.111. The molecule has 0 aromatic heterocycles. The van der Waals surface area contributed by atoms with E-state index in [1.165, 1.54) is 11.8 Å². The van der Waals surface area contributed by atoms with E-state index in [1.807, 2.05) is 48.5 Å². The van der Waals surface area contributed by atoms with Gasteiger partial charge in [-0.3, -0.25) is 9.69 Å². The molecule has 0 N–H and O–H groups in total. The molecule has 3 nitrogen and oxygen atoms in total. The highest BCUT2D eigenvalue weighted by Gasteiger charge is 2.37. The number of carbonyl (C=O) groups is 1. The summed E-state index contributed by atoms with van der Waals surface area (Å²) < 4.78 is 2.06. The summed E-state index contributed by atoms with van der Waals surface area (Å²) in [5.74, 6) is 0.561. The van der Waals surface area contributed by atoms with Gasteiger partial charge in [-0.1, -0.05) is 67.9 Å². The molecule has 1 amide bonds. The number of benzene rings is 2. The summed E-state index contributed by atoms with van der Waals surface area (Å²) in [5.41, 5.74) is 3.03. The first-order valence-corrected chi connectivity index (χ1v) is 9.96. The number of thioether (sulfide) groups is 1. The Labute approximate surface area is 161 Å². The van der Waals surface area contributed by atoms with Crippen molar-refractivity contribution in [2.75, 3.05) is 5.75 Å². The van der Waals surface area contributed by atoms with Crippen molar-refractivity contribution in [3.8, 4) is 0 Å². The number of carbonyl (C=O) groups excluding carboxylic acids is 1. The van der Waals surface area contributed by atoms with Gasteiger partial charge in [0.2, 0.25) is 5.91 Å². The van der Waals surface area contributed by atoms with Crippen LogP contribution < -0.4 is 0 Å². The standard InChI is InChI=1S/C18H12Br2N2OS/c19-13-5-1-11(2-6-13)15-9-16(12-3-7-14(20)8-4-12)22-17(23)10-24-18(22)21-15/h1-9,16H,10H2/t16-/m0/s1. The molecule has 4 rings (SSSR count). The third-order valence-corrected chi connectivity index (χ3v) is 5.96. The Kier molecular flexibility index (Phi) is 4.37. The molecule has 0 radical (unpaired) electrons. The Morgan fingerprint density at radius 3 is 2.29 bits per heavy atom. The number of amidine groups is 1. The Morgan fingerprint density at radius 2 is 1.62 bits per heavy atom. The van der Waals surface area contributed by atoms with Crippen LogP contribution >= 0.6 is 43.6 Å². The average Bonchev–Trinajstić information content (AvgIpc) is 2.97. The molecular weight excluding hydrogens is 452 g/mol. The van der Waals surface area contributed by atoms with Crippen LogP contribution in [0.5, 0.6) is 0 Å². The van der Waals surface area contributed by atoms with E-state index >= 15 is 0 Å². The summed E-state index contributed by atoms with van der Waals surface area (Å²) >= 11 is 8.43. The summed E-state index contributed by atoms with van der Waals surface area (Å²) in [4.78, 5) is 18.8. The summed E-state index contributed by atoms with van der Waals surface area (Å²) in [6.45, 7) is 0. The van der Waals surface area contributed by atoms with Crippen LogP contribution in [0.4, 0.5) is 0 Å². The Hall–Kier alpha value is -1.37. The van der Waals surface area contributed by atoms with Gasteiger partial charge in [0.05, 0.1) is 17.5 Å². The topological polar surface area (TPSA) is 32.7 Å². The van der Waals surface area contributed by atoms with Gasteiger partial charge in [0, 0.05) is 14.5 Å².